The quantitative estimate of drug-likeness (QED) is 0.699. The Bertz CT molecular complexity index is 708. The second kappa shape index (κ2) is 4.42. The van der Waals surface area contributed by atoms with Gasteiger partial charge in [0.2, 0.25) is 0 Å². The molecule has 0 spiro atoms. The first-order chi connectivity index (χ1) is 8.75. The molecule has 2 aromatic rings. The van der Waals surface area contributed by atoms with Gasteiger partial charge in [-0.1, -0.05) is 11.8 Å². The number of aromatic amines is 1. The largest absolute Gasteiger partial charge is 0.376 e. The molecule has 1 saturated heterocycles. The Morgan fingerprint density at radius 2 is 2.22 bits per heavy atom. The summed E-state index contributed by atoms with van der Waals surface area (Å²) in [5.41, 5.74) is 1.08. The summed E-state index contributed by atoms with van der Waals surface area (Å²) in [7, 11) is 0. The molecular formula is C14H10N2OS. The minimum absolute atomic E-state index is 0.683. The van der Waals surface area contributed by atoms with E-state index in [2.05, 4.69) is 33.9 Å². The average Bonchev–Trinajstić information content (AvgIpc) is 2.79. The van der Waals surface area contributed by atoms with Crippen LogP contribution in [0.2, 0.25) is 0 Å². The van der Waals surface area contributed by atoms with Gasteiger partial charge in [0.05, 0.1) is 11.7 Å². The van der Waals surface area contributed by atoms with Crippen molar-refractivity contribution in [1.82, 2.24) is 10.2 Å². The zero-order chi connectivity index (χ0) is 12.4. The van der Waals surface area contributed by atoms with E-state index in [0.29, 0.717) is 11.5 Å². The standard InChI is InChI=1S/C14H10N2OS/c17-14(9-18-10-14)6-2-1-3-11-4-5-13-12(7-11)8-15-16-13/h4-5,7-8,17H,9-10H2,(H,15,16). The van der Waals surface area contributed by atoms with Gasteiger partial charge in [-0.3, -0.25) is 5.10 Å². The number of aliphatic hydroxyl groups is 1. The lowest BCUT2D eigenvalue weighted by Gasteiger charge is -2.29. The Morgan fingerprint density at radius 1 is 1.33 bits per heavy atom. The third-order valence-corrected chi connectivity index (χ3v) is 4.05. The van der Waals surface area contributed by atoms with Crippen LogP contribution in [0.25, 0.3) is 10.9 Å². The topological polar surface area (TPSA) is 48.9 Å². The SMILES string of the molecule is OC1(C#CC#Cc2ccc3[nH]ncc3c2)CSC1. The maximum atomic E-state index is 9.75. The van der Waals surface area contributed by atoms with Gasteiger partial charge < -0.3 is 5.11 Å². The molecule has 3 nitrogen and oxygen atoms in total. The van der Waals surface area contributed by atoms with Crippen LogP contribution in [0.1, 0.15) is 5.56 Å². The molecule has 2 N–H and O–H groups in total. The summed E-state index contributed by atoms with van der Waals surface area (Å²) in [6.07, 6.45) is 1.76. The number of nitrogens with zero attached hydrogens (tertiary/aromatic N) is 1. The third kappa shape index (κ3) is 2.22. The molecule has 0 amide bonds. The van der Waals surface area contributed by atoms with E-state index >= 15 is 0 Å². The highest BCUT2D eigenvalue weighted by atomic mass is 32.2. The van der Waals surface area contributed by atoms with Gasteiger partial charge >= 0.3 is 0 Å². The predicted molar refractivity (Wildman–Crippen MR) is 73.0 cm³/mol. The van der Waals surface area contributed by atoms with Gasteiger partial charge in [0.15, 0.2) is 0 Å². The van der Waals surface area contributed by atoms with Crippen LogP contribution in [0.15, 0.2) is 24.4 Å². The number of nitrogens with one attached hydrogen (secondary N) is 1. The van der Waals surface area contributed by atoms with Gasteiger partial charge in [0, 0.05) is 22.5 Å². The Hall–Kier alpha value is -1.88. The molecule has 2 heterocycles. The van der Waals surface area contributed by atoms with E-state index in [0.717, 1.165) is 16.5 Å². The van der Waals surface area contributed by atoms with Crippen LogP contribution in [0, 0.1) is 23.7 Å². The first kappa shape index (κ1) is 11.2. The van der Waals surface area contributed by atoms with Crippen molar-refractivity contribution in [3.05, 3.63) is 30.0 Å². The molecule has 1 aromatic carbocycles. The fraction of sp³-hybridized carbons (Fsp3) is 0.214. The van der Waals surface area contributed by atoms with E-state index in [1.165, 1.54) is 0 Å². The minimum Gasteiger partial charge on any atom is -0.376 e. The second-order valence-corrected chi connectivity index (χ2v) is 5.18. The number of H-pyrrole nitrogens is 1. The van der Waals surface area contributed by atoms with E-state index in [1.807, 2.05) is 18.2 Å². The molecule has 1 fully saturated rings. The molecule has 18 heavy (non-hydrogen) atoms. The van der Waals surface area contributed by atoms with Crippen molar-refractivity contribution in [3.8, 4) is 23.7 Å². The highest BCUT2D eigenvalue weighted by Crippen LogP contribution is 2.28. The number of aromatic nitrogens is 2. The van der Waals surface area contributed by atoms with Crippen LogP contribution in [0.3, 0.4) is 0 Å². The maximum Gasteiger partial charge on any atom is 0.144 e. The predicted octanol–water partition coefficient (Wildman–Crippen LogP) is 1.40. The molecule has 1 aliphatic heterocycles. The summed E-state index contributed by atoms with van der Waals surface area (Å²) in [6, 6.07) is 5.82. The van der Waals surface area contributed by atoms with E-state index < -0.39 is 5.60 Å². The van der Waals surface area contributed by atoms with Gasteiger partial charge in [-0.25, -0.2) is 0 Å². The number of benzene rings is 1. The Morgan fingerprint density at radius 3 is 3.00 bits per heavy atom. The zero-order valence-corrected chi connectivity index (χ0v) is 10.3. The fourth-order valence-electron chi connectivity index (χ4n) is 1.64. The third-order valence-electron chi connectivity index (χ3n) is 2.69. The lowest BCUT2D eigenvalue weighted by atomic mass is 10.1. The smallest absolute Gasteiger partial charge is 0.144 e. The molecule has 0 atom stereocenters. The molecule has 4 heteroatoms. The van der Waals surface area contributed by atoms with E-state index in [-0.39, 0.29) is 0 Å². The summed E-state index contributed by atoms with van der Waals surface area (Å²) in [5.74, 6) is 12.6. The van der Waals surface area contributed by atoms with Gasteiger partial charge in [-0.05, 0) is 30.0 Å². The Labute approximate surface area is 109 Å². The Kier molecular flexibility index (Phi) is 2.76. The van der Waals surface area contributed by atoms with Crippen LogP contribution >= 0.6 is 11.8 Å². The lowest BCUT2D eigenvalue weighted by molar-refractivity contribution is 0.142. The molecule has 88 valence electrons. The van der Waals surface area contributed by atoms with Crippen LogP contribution in [-0.2, 0) is 0 Å². The molecule has 0 radical (unpaired) electrons. The number of fused-ring (bicyclic) bond motifs is 1. The summed E-state index contributed by atoms with van der Waals surface area (Å²) in [6.45, 7) is 0. The highest BCUT2D eigenvalue weighted by molar-refractivity contribution is 8.00. The molecular weight excluding hydrogens is 244 g/mol. The van der Waals surface area contributed by atoms with Crippen LogP contribution in [0.5, 0.6) is 0 Å². The highest BCUT2D eigenvalue weighted by Gasteiger charge is 2.32. The van der Waals surface area contributed by atoms with Gasteiger partial charge in [-0.2, -0.15) is 16.9 Å². The molecule has 0 unspecified atom stereocenters. The van der Waals surface area contributed by atoms with Crippen molar-refractivity contribution in [1.29, 1.82) is 0 Å². The number of hydrogen-bond acceptors (Lipinski definition) is 3. The van der Waals surface area contributed by atoms with Gasteiger partial charge in [0.25, 0.3) is 0 Å². The van der Waals surface area contributed by atoms with Crippen molar-refractivity contribution in [3.63, 3.8) is 0 Å². The zero-order valence-electron chi connectivity index (χ0n) is 9.53. The normalized spacial score (nSPS) is 16.1. The van der Waals surface area contributed by atoms with Crippen molar-refractivity contribution >= 4 is 22.7 Å². The maximum absolute atomic E-state index is 9.75. The summed E-state index contributed by atoms with van der Waals surface area (Å²) < 4.78 is 0. The van der Waals surface area contributed by atoms with Crippen molar-refractivity contribution in [2.45, 2.75) is 5.60 Å². The number of rotatable bonds is 0. The first-order valence-electron chi connectivity index (χ1n) is 5.52. The van der Waals surface area contributed by atoms with E-state index in [1.54, 1.807) is 18.0 Å². The fourth-order valence-corrected chi connectivity index (χ4v) is 2.37. The average molecular weight is 254 g/mol. The van der Waals surface area contributed by atoms with Crippen LogP contribution in [0.4, 0.5) is 0 Å². The molecule has 3 rings (SSSR count). The first-order valence-corrected chi connectivity index (χ1v) is 6.67. The molecule has 0 aliphatic carbocycles. The van der Waals surface area contributed by atoms with Crippen molar-refractivity contribution < 1.29 is 5.11 Å². The Balaban J connectivity index is 1.79. The molecule has 1 aliphatic rings. The van der Waals surface area contributed by atoms with Crippen molar-refractivity contribution in [2.75, 3.05) is 11.5 Å². The van der Waals surface area contributed by atoms with E-state index in [9.17, 15) is 5.11 Å². The summed E-state index contributed by atoms with van der Waals surface area (Å²) in [5, 5.41) is 17.6. The van der Waals surface area contributed by atoms with Crippen LogP contribution < -0.4 is 0 Å². The molecule has 1 aromatic heterocycles. The monoisotopic (exact) mass is 254 g/mol. The summed E-state index contributed by atoms with van der Waals surface area (Å²) in [4.78, 5) is 0. The lowest BCUT2D eigenvalue weighted by Crippen LogP contribution is -2.41. The molecule has 0 saturated carbocycles. The number of thioether (sulfide) groups is 1. The van der Waals surface area contributed by atoms with E-state index in [4.69, 9.17) is 0 Å². The number of hydrogen-bond donors (Lipinski definition) is 2. The van der Waals surface area contributed by atoms with Crippen molar-refractivity contribution in [2.24, 2.45) is 0 Å². The second-order valence-electron chi connectivity index (χ2n) is 4.20. The van der Waals surface area contributed by atoms with Crippen LogP contribution in [-0.4, -0.2) is 32.4 Å². The van der Waals surface area contributed by atoms with Gasteiger partial charge in [-0.15, -0.1) is 0 Å². The van der Waals surface area contributed by atoms with Gasteiger partial charge in [0.1, 0.15) is 5.60 Å². The molecule has 0 bridgehead atoms. The minimum atomic E-state index is -0.812. The summed E-state index contributed by atoms with van der Waals surface area (Å²) >= 11 is 1.69.